The second-order valence-corrected chi connectivity index (χ2v) is 2.93. The van der Waals surface area contributed by atoms with E-state index in [0.717, 1.165) is 10.9 Å². The molecule has 0 unspecified atom stereocenters. The summed E-state index contributed by atoms with van der Waals surface area (Å²) < 4.78 is 11.9. The number of H-pyrrole nitrogens is 1. The highest BCUT2D eigenvalue weighted by atomic mass is 16.5. The smallest absolute Gasteiger partial charge is 0.265 e. The molecule has 2 rings (SSSR count). The Morgan fingerprint density at radius 3 is 3.21 bits per heavy atom. The van der Waals surface area contributed by atoms with E-state index in [9.17, 15) is 4.79 Å². The van der Waals surface area contributed by atoms with Gasteiger partial charge in [-0.2, -0.15) is 0 Å². The number of ether oxygens (including phenoxy) is 1. The maximum absolute atomic E-state index is 11.2. The molecule has 0 aliphatic carbocycles. The lowest BCUT2D eigenvalue weighted by Crippen LogP contribution is -2.10. The van der Waals surface area contributed by atoms with Crippen LogP contribution in [0.25, 0.3) is 10.9 Å². The second kappa shape index (κ2) is 3.06. The van der Waals surface area contributed by atoms with E-state index >= 15 is 0 Å². The molecule has 0 aliphatic rings. The SMILES string of the molecule is [2H]NC(=O)c1cc2c(OC)cccc2[nH]1. The number of nitrogens with one attached hydrogen (secondary N) is 1. The molecule has 4 nitrogen and oxygen atoms in total. The molecular formula is C10H10N2O2. The number of benzene rings is 1. The maximum Gasteiger partial charge on any atom is 0.265 e. The van der Waals surface area contributed by atoms with Crippen LogP contribution in [0.1, 0.15) is 10.5 Å². The predicted octanol–water partition coefficient (Wildman–Crippen LogP) is 1.28. The first-order valence-electron chi connectivity index (χ1n) is 4.64. The largest absolute Gasteiger partial charge is 0.496 e. The summed E-state index contributed by atoms with van der Waals surface area (Å²) in [7, 11) is 1.58. The lowest BCUT2D eigenvalue weighted by atomic mass is 10.2. The van der Waals surface area contributed by atoms with Gasteiger partial charge in [0.2, 0.25) is 0 Å². The van der Waals surface area contributed by atoms with Crippen molar-refractivity contribution in [1.29, 1.82) is 0 Å². The van der Waals surface area contributed by atoms with Crippen molar-refractivity contribution < 1.29 is 10.9 Å². The van der Waals surface area contributed by atoms with Crippen LogP contribution in [0.15, 0.2) is 24.3 Å². The zero-order valence-corrected chi connectivity index (χ0v) is 7.63. The molecule has 0 saturated heterocycles. The minimum Gasteiger partial charge on any atom is -0.496 e. The molecule has 3 N–H and O–H groups in total. The normalized spacial score (nSPS) is 11.1. The van der Waals surface area contributed by atoms with Crippen molar-refractivity contribution in [2.45, 2.75) is 0 Å². The molecule has 2 aromatic rings. The highest BCUT2D eigenvalue weighted by Gasteiger charge is 2.08. The summed E-state index contributed by atoms with van der Waals surface area (Å²) in [6.45, 7) is 0. The van der Waals surface area contributed by atoms with Gasteiger partial charge in [0.25, 0.3) is 5.91 Å². The van der Waals surface area contributed by atoms with E-state index in [2.05, 4.69) is 4.98 Å². The van der Waals surface area contributed by atoms with E-state index in [0.29, 0.717) is 11.4 Å². The number of amides is 1. The summed E-state index contributed by atoms with van der Waals surface area (Å²) in [6.07, 6.45) is 0. The average molecular weight is 191 g/mol. The van der Waals surface area contributed by atoms with Crippen molar-refractivity contribution in [3.05, 3.63) is 30.0 Å². The van der Waals surface area contributed by atoms with E-state index in [-0.39, 0.29) is 0 Å². The lowest BCUT2D eigenvalue weighted by Gasteiger charge is -1.99. The number of aromatic amines is 1. The predicted molar refractivity (Wildman–Crippen MR) is 53.4 cm³/mol. The van der Waals surface area contributed by atoms with Crippen molar-refractivity contribution in [2.75, 3.05) is 7.11 Å². The summed E-state index contributed by atoms with van der Waals surface area (Å²) >= 11 is 0. The molecule has 1 heterocycles. The average Bonchev–Trinajstić information content (AvgIpc) is 2.71. The fraction of sp³-hybridized carbons (Fsp3) is 0.100. The number of carbonyl (C=O) groups excluding carboxylic acids is 1. The van der Waals surface area contributed by atoms with E-state index in [1.54, 1.807) is 13.2 Å². The number of methoxy groups -OCH3 is 1. The van der Waals surface area contributed by atoms with Gasteiger partial charge in [-0.25, -0.2) is 0 Å². The van der Waals surface area contributed by atoms with Crippen LogP contribution in [0.2, 0.25) is 1.41 Å². The molecule has 1 amide bonds. The van der Waals surface area contributed by atoms with Gasteiger partial charge >= 0.3 is 0 Å². The van der Waals surface area contributed by atoms with Gasteiger partial charge in [-0.15, -0.1) is 0 Å². The van der Waals surface area contributed by atoms with E-state index in [1.807, 2.05) is 23.9 Å². The van der Waals surface area contributed by atoms with Crippen LogP contribution in [0, 0.1) is 0 Å². The lowest BCUT2D eigenvalue weighted by molar-refractivity contribution is 0.0996. The number of nitrogens with two attached hydrogens (primary N) is 1. The Hall–Kier alpha value is -1.97. The van der Waals surface area contributed by atoms with Gasteiger partial charge in [0, 0.05) is 10.9 Å². The molecule has 4 heteroatoms. The summed E-state index contributed by atoms with van der Waals surface area (Å²) in [4.78, 5) is 14.1. The van der Waals surface area contributed by atoms with Crippen LogP contribution >= 0.6 is 0 Å². The topological polar surface area (TPSA) is 68.1 Å². The third-order valence-corrected chi connectivity index (χ3v) is 2.09. The third-order valence-electron chi connectivity index (χ3n) is 2.09. The minimum absolute atomic E-state index is 0.351. The summed E-state index contributed by atoms with van der Waals surface area (Å²) in [5, 5.41) is 0.832. The molecule has 0 fully saturated rings. The molecule has 0 radical (unpaired) electrons. The standard InChI is InChI=1S/C10H10N2O2/c1-14-9-4-2-3-7-6(9)5-8(12-7)10(11)13/h2-5,12H,1H3,(H2,11,13)/i/hD. The molecule has 0 bridgehead atoms. The monoisotopic (exact) mass is 191 g/mol. The fourth-order valence-corrected chi connectivity index (χ4v) is 1.43. The van der Waals surface area contributed by atoms with Gasteiger partial charge in [-0.05, 0) is 18.2 Å². The molecule has 0 atom stereocenters. The molecular weight excluding hydrogens is 180 g/mol. The number of aromatic nitrogens is 1. The Labute approximate surface area is 82.1 Å². The van der Waals surface area contributed by atoms with Crippen LogP contribution in [0.4, 0.5) is 0 Å². The third kappa shape index (κ3) is 1.21. The van der Waals surface area contributed by atoms with Gasteiger partial charge in [0.1, 0.15) is 11.4 Å². The van der Waals surface area contributed by atoms with Gasteiger partial charge < -0.3 is 15.4 Å². The zero-order valence-electron chi connectivity index (χ0n) is 8.63. The van der Waals surface area contributed by atoms with Gasteiger partial charge in [0.15, 0.2) is 1.41 Å². The van der Waals surface area contributed by atoms with Crippen molar-refractivity contribution in [2.24, 2.45) is 5.73 Å². The number of hydrogen-bond acceptors (Lipinski definition) is 2. The number of fused-ring (bicyclic) bond motifs is 1. The summed E-state index contributed by atoms with van der Waals surface area (Å²) in [5.74, 6) is 0.237. The number of rotatable bonds is 2. The van der Waals surface area contributed by atoms with Gasteiger partial charge in [-0.1, -0.05) is 6.07 Å². The first-order chi connectivity index (χ1) is 7.26. The molecule has 0 aliphatic heterocycles. The van der Waals surface area contributed by atoms with Gasteiger partial charge in [-0.3, -0.25) is 4.79 Å². The van der Waals surface area contributed by atoms with E-state index in [1.165, 1.54) is 0 Å². The molecule has 0 saturated carbocycles. The Morgan fingerprint density at radius 1 is 1.64 bits per heavy atom. The number of primary amides is 1. The highest BCUT2D eigenvalue weighted by molar-refractivity contribution is 5.98. The quantitative estimate of drug-likeness (QED) is 0.750. The van der Waals surface area contributed by atoms with Crippen LogP contribution in [-0.4, -0.2) is 18.0 Å². The fourth-order valence-electron chi connectivity index (χ4n) is 1.43. The Morgan fingerprint density at radius 2 is 2.50 bits per heavy atom. The van der Waals surface area contributed by atoms with Crippen molar-refractivity contribution in [3.8, 4) is 5.75 Å². The van der Waals surface area contributed by atoms with Crippen molar-refractivity contribution in [3.63, 3.8) is 0 Å². The second-order valence-electron chi connectivity index (χ2n) is 2.93. The number of hydrogen-bond donors (Lipinski definition) is 2. The van der Waals surface area contributed by atoms with E-state index in [4.69, 9.17) is 6.15 Å². The molecule has 72 valence electrons. The van der Waals surface area contributed by atoms with E-state index < -0.39 is 5.91 Å². The summed E-state index contributed by atoms with van der Waals surface area (Å²) in [5.41, 5.74) is 2.98. The minimum atomic E-state index is -0.465. The first kappa shape index (κ1) is 7.44. The molecule has 1 aromatic heterocycles. The molecule has 14 heavy (non-hydrogen) atoms. The maximum atomic E-state index is 11.2. The first-order valence-corrected chi connectivity index (χ1v) is 4.14. The van der Waals surface area contributed by atoms with Crippen LogP contribution in [0.3, 0.4) is 0 Å². The van der Waals surface area contributed by atoms with Crippen molar-refractivity contribution >= 4 is 16.8 Å². The number of carbonyl (C=O) groups is 1. The highest BCUT2D eigenvalue weighted by Crippen LogP contribution is 2.25. The van der Waals surface area contributed by atoms with Gasteiger partial charge in [0.05, 0.1) is 7.11 Å². The van der Waals surface area contributed by atoms with Crippen LogP contribution in [-0.2, 0) is 0 Å². The molecule has 0 spiro atoms. The van der Waals surface area contributed by atoms with Crippen LogP contribution in [0.5, 0.6) is 5.75 Å². The summed E-state index contributed by atoms with van der Waals surface area (Å²) in [6, 6.07) is 7.16. The van der Waals surface area contributed by atoms with Crippen LogP contribution < -0.4 is 10.5 Å². The molecule has 1 aromatic carbocycles. The zero-order chi connectivity index (χ0) is 10.8. The Bertz CT molecular complexity index is 507. The Kier molecular flexibility index (Phi) is 1.63. The Balaban J connectivity index is 2.60. The van der Waals surface area contributed by atoms with Crippen molar-refractivity contribution in [1.82, 2.24) is 4.98 Å².